The number of aromatic nitrogens is 1. The first-order valence-electron chi connectivity index (χ1n) is 11.4. The predicted molar refractivity (Wildman–Crippen MR) is 136 cm³/mol. The molecule has 0 fully saturated rings. The maximum Gasteiger partial charge on any atom is 0.417 e. The zero-order valence-corrected chi connectivity index (χ0v) is 21.2. The van der Waals surface area contributed by atoms with E-state index in [1.807, 2.05) is 6.07 Å². The van der Waals surface area contributed by atoms with E-state index in [1.54, 1.807) is 36.6 Å². The molecule has 0 bridgehead atoms. The summed E-state index contributed by atoms with van der Waals surface area (Å²) in [5.41, 5.74) is 0.866. The zero-order valence-electron chi connectivity index (χ0n) is 19.7. The lowest BCUT2D eigenvalue weighted by atomic mass is 10.0. The van der Waals surface area contributed by atoms with Crippen LogP contribution in [0.3, 0.4) is 0 Å². The van der Waals surface area contributed by atoms with Gasteiger partial charge in [0.15, 0.2) is 0 Å². The van der Waals surface area contributed by atoms with Crippen LogP contribution in [0.1, 0.15) is 18.9 Å². The van der Waals surface area contributed by atoms with E-state index in [4.69, 9.17) is 21.1 Å². The number of alkyl halides is 3. The molecule has 2 N–H and O–H groups in total. The molecule has 36 heavy (non-hydrogen) atoms. The highest BCUT2D eigenvalue weighted by Gasteiger charge is 2.35. The predicted octanol–water partition coefficient (Wildman–Crippen LogP) is 6.12. The van der Waals surface area contributed by atoms with Crippen LogP contribution in [0.15, 0.2) is 47.8 Å². The summed E-state index contributed by atoms with van der Waals surface area (Å²) >= 11 is 7.20. The van der Waals surface area contributed by atoms with E-state index in [0.29, 0.717) is 55.7 Å². The third-order valence-corrected chi connectivity index (χ3v) is 6.08. The standard InChI is InChI=1S/C25H27ClF3N3O3S/c1-2-35-22(33)15-30-10-5-12-34-13-11-31-20-9-4-8-19(25(27,28)29)23(20)24-32-21(16-36-24)17-6-3-7-18(26)14-17/h3-4,6-9,14,16,30-31H,2,5,10-13,15H2,1H3. The maximum atomic E-state index is 13.9. The molecule has 6 nitrogen and oxygen atoms in total. The van der Waals surface area contributed by atoms with Crippen LogP contribution < -0.4 is 10.6 Å². The first-order chi connectivity index (χ1) is 17.3. The summed E-state index contributed by atoms with van der Waals surface area (Å²) in [5.74, 6) is -0.306. The molecular formula is C25H27ClF3N3O3S. The Balaban J connectivity index is 1.61. The van der Waals surface area contributed by atoms with Crippen LogP contribution in [-0.4, -0.2) is 50.4 Å². The van der Waals surface area contributed by atoms with Gasteiger partial charge in [-0.1, -0.05) is 29.8 Å². The molecule has 0 saturated heterocycles. The molecule has 2 aromatic carbocycles. The fraction of sp³-hybridized carbons (Fsp3) is 0.360. The molecule has 1 aromatic heterocycles. The molecule has 0 radical (unpaired) electrons. The van der Waals surface area contributed by atoms with Crippen LogP contribution in [0, 0.1) is 0 Å². The second-order valence-electron chi connectivity index (χ2n) is 7.65. The molecule has 1 heterocycles. The first kappa shape index (κ1) is 27.9. The van der Waals surface area contributed by atoms with Gasteiger partial charge in [0.05, 0.1) is 31.0 Å². The van der Waals surface area contributed by atoms with Crippen molar-refractivity contribution < 1.29 is 27.4 Å². The van der Waals surface area contributed by atoms with Gasteiger partial charge in [-0.15, -0.1) is 11.3 Å². The number of nitrogens with zero attached hydrogens (tertiary/aromatic N) is 1. The van der Waals surface area contributed by atoms with Crippen molar-refractivity contribution >= 4 is 34.6 Å². The minimum absolute atomic E-state index is 0.00597. The molecule has 0 atom stereocenters. The number of carbonyl (C=O) groups is 1. The Labute approximate surface area is 216 Å². The number of thiazole rings is 1. The lowest BCUT2D eigenvalue weighted by Gasteiger charge is -2.17. The number of ether oxygens (including phenoxy) is 2. The van der Waals surface area contributed by atoms with Gasteiger partial charge < -0.3 is 20.1 Å². The van der Waals surface area contributed by atoms with E-state index >= 15 is 0 Å². The summed E-state index contributed by atoms with van der Waals surface area (Å²) in [6, 6.07) is 11.1. The van der Waals surface area contributed by atoms with Gasteiger partial charge in [0.25, 0.3) is 0 Å². The van der Waals surface area contributed by atoms with E-state index < -0.39 is 11.7 Å². The highest BCUT2D eigenvalue weighted by Crippen LogP contribution is 2.43. The minimum Gasteiger partial charge on any atom is -0.465 e. The lowest BCUT2D eigenvalue weighted by Crippen LogP contribution is -2.26. The number of esters is 1. The second-order valence-corrected chi connectivity index (χ2v) is 8.94. The Morgan fingerprint density at radius 2 is 1.94 bits per heavy atom. The molecule has 0 aliphatic rings. The summed E-state index contributed by atoms with van der Waals surface area (Å²) in [6.07, 6.45) is -3.86. The maximum absolute atomic E-state index is 13.9. The smallest absolute Gasteiger partial charge is 0.417 e. The summed E-state index contributed by atoms with van der Waals surface area (Å²) in [5, 5.41) is 8.52. The van der Waals surface area contributed by atoms with Gasteiger partial charge in [0, 0.05) is 40.4 Å². The number of hydrogen-bond acceptors (Lipinski definition) is 7. The van der Waals surface area contributed by atoms with Gasteiger partial charge in [-0.25, -0.2) is 4.98 Å². The lowest BCUT2D eigenvalue weighted by molar-refractivity contribution is -0.142. The second kappa shape index (κ2) is 13.6. The summed E-state index contributed by atoms with van der Waals surface area (Å²) in [4.78, 5) is 15.7. The first-order valence-corrected chi connectivity index (χ1v) is 12.7. The van der Waals surface area contributed by atoms with Crippen LogP contribution in [0.25, 0.3) is 21.8 Å². The van der Waals surface area contributed by atoms with E-state index in [-0.39, 0.29) is 23.1 Å². The van der Waals surface area contributed by atoms with Crippen molar-refractivity contribution in [3.05, 3.63) is 58.4 Å². The number of nitrogens with one attached hydrogen (secondary N) is 2. The third kappa shape index (κ3) is 8.19. The molecule has 0 aliphatic heterocycles. The average Bonchev–Trinajstić information content (AvgIpc) is 3.32. The number of hydrogen-bond donors (Lipinski definition) is 2. The number of rotatable bonds is 13. The Bertz CT molecular complexity index is 1140. The monoisotopic (exact) mass is 541 g/mol. The van der Waals surface area contributed by atoms with E-state index in [2.05, 4.69) is 15.6 Å². The normalized spacial score (nSPS) is 11.5. The van der Waals surface area contributed by atoms with Crippen LogP contribution >= 0.6 is 22.9 Å². The summed E-state index contributed by atoms with van der Waals surface area (Å²) in [6.45, 7) is 3.89. The molecule has 0 spiro atoms. The Hall–Kier alpha value is -2.66. The van der Waals surface area contributed by atoms with Crippen LogP contribution in [0.2, 0.25) is 5.02 Å². The Morgan fingerprint density at radius 1 is 1.14 bits per heavy atom. The van der Waals surface area contributed by atoms with Crippen LogP contribution in [-0.2, 0) is 20.4 Å². The van der Waals surface area contributed by atoms with Gasteiger partial charge in [-0.3, -0.25) is 4.79 Å². The quantitative estimate of drug-likeness (QED) is 0.201. The molecule has 3 rings (SSSR count). The van der Waals surface area contributed by atoms with Crippen LogP contribution in [0.5, 0.6) is 0 Å². The van der Waals surface area contributed by atoms with E-state index in [0.717, 1.165) is 23.0 Å². The number of benzene rings is 2. The third-order valence-electron chi connectivity index (χ3n) is 4.99. The van der Waals surface area contributed by atoms with Crippen molar-refractivity contribution in [2.24, 2.45) is 0 Å². The number of anilines is 1. The van der Waals surface area contributed by atoms with Crippen LogP contribution in [0.4, 0.5) is 18.9 Å². The van der Waals surface area contributed by atoms with Crippen molar-refractivity contribution in [2.75, 3.05) is 44.8 Å². The molecule has 0 saturated carbocycles. The van der Waals surface area contributed by atoms with Gasteiger partial charge in [-0.2, -0.15) is 13.2 Å². The molecule has 194 valence electrons. The van der Waals surface area contributed by atoms with E-state index in [9.17, 15) is 18.0 Å². The number of carbonyl (C=O) groups excluding carboxylic acids is 1. The molecular weight excluding hydrogens is 515 g/mol. The number of halogens is 4. The van der Waals surface area contributed by atoms with E-state index in [1.165, 1.54) is 6.07 Å². The molecule has 3 aromatic rings. The molecule has 0 amide bonds. The van der Waals surface area contributed by atoms with Crippen molar-refractivity contribution in [3.63, 3.8) is 0 Å². The van der Waals surface area contributed by atoms with Gasteiger partial charge in [-0.05, 0) is 44.2 Å². The van der Waals surface area contributed by atoms with Crippen molar-refractivity contribution in [1.82, 2.24) is 10.3 Å². The van der Waals surface area contributed by atoms with Crippen molar-refractivity contribution in [1.29, 1.82) is 0 Å². The van der Waals surface area contributed by atoms with Gasteiger partial charge in [0.1, 0.15) is 5.01 Å². The van der Waals surface area contributed by atoms with Gasteiger partial charge >= 0.3 is 12.1 Å². The van der Waals surface area contributed by atoms with Crippen molar-refractivity contribution in [3.8, 4) is 21.8 Å². The van der Waals surface area contributed by atoms with Crippen molar-refractivity contribution in [2.45, 2.75) is 19.5 Å². The largest absolute Gasteiger partial charge is 0.465 e. The summed E-state index contributed by atoms with van der Waals surface area (Å²) < 4.78 is 51.9. The Kier molecular flexibility index (Phi) is 10.5. The highest BCUT2D eigenvalue weighted by atomic mass is 35.5. The molecule has 0 unspecified atom stereocenters. The molecule has 11 heteroatoms. The highest BCUT2D eigenvalue weighted by molar-refractivity contribution is 7.13. The Morgan fingerprint density at radius 3 is 2.69 bits per heavy atom. The fourth-order valence-electron chi connectivity index (χ4n) is 3.40. The fourth-order valence-corrected chi connectivity index (χ4v) is 4.49. The SMILES string of the molecule is CCOC(=O)CNCCCOCCNc1cccc(C(F)(F)F)c1-c1nc(-c2cccc(Cl)c2)cs1. The molecule has 0 aliphatic carbocycles. The average molecular weight is 542 g/mol. The van der Waals surface area contributed by atoms with Gasteiger partial charge in [0.2, 0.25) is 0 Å². The topological polar surface area (TPSA) is 72.5 Å². The minimum atomic E-state index is -4.54. The zero-order chi connectivity index (χ0) is 26.0. The summed E-state index contributed by atoms with van der Waals surface area (Å²) in [7, 11) is 0.